The number of carbonyl (C=O) groups is 1. The van der Waals surface area contributed by atoms with Crippen LogP contribution in [0.4, 0.5) is 0 Å². The molecule has 1 fully saturated rings. The molecule has 2 aromatic rings. The molecule has 2 atom stereocenters. The number of rotatable bonds is 5. The highest BCUT2D eigenvalue weighted by Gasteiger charge is 2.52. The molecule has 4 nitrogen and oxygen atoms in total. The number of amides is 1. The molecule has 0 radical (unpaired) electrons. The van der Waals surface area contributed by atoms with E-state index in [-0.39, 0.29) is 11.8 Å². The minimum Gasteiger partial charge on any atom is -0.369 e. The Bertz CT molecular complexity index is 836. The van der Waals surface area contributed by atoms with E-state index >= 15 is 0 Å². The van der Waals surface area contributed by atoms with Crippen molar-refractivity contribution < 1.29 is 9.37 Å². The summed E-state index contributed by atoms with van der Waals surface area (Å²) in [4.78, 5) is 15.7. The van der Waals surface area contributed by atoms with Gasteiger partial charge in [-0.25, -0.2) is 0 Å². The molecule has 2 aromatic carbocycles. The molecule has 4 heteroatoms. The van der Waals surface area contributed by atoms with E-state index in [1.165, 1.54) is 5.84 Å². The molecule has 0 saturated heterocycles. The van der Waals surface area contributed by atoms with Gasteiger partial charge in [-0.3, -0.25) is 14.3 Å². The molecule has 1 heterocycles. The lowest BCUT2D eigenvalue weighted by Crippen LogP contribution is -2.48. The van der Waals surface area contributed by atoms with Crippen molar-refractivity contribution >= 4 is 11.7 Å². The predicted molar refractivity (Wildman–Crippen MR) is 112 cm³/mol. The number of nitrogens with two attached hydrogens (primary N) is 1. The monoisotopic (exact) mass is 376 g/mol. The van der Waals surface area contributed by atoms with Crippen molar-refractivity contribution in [3.8, 4) is 0 Å². The van der Waals surface area contributed by atoms with Crippen molar-refractivity contribution in [1.29, 1.82) is 0 Å². The third-order valence-corrected chi connectivity index (χ3v) is 6.95. The Morgan fingerprint density at radius 2 is 1.61 bits per heavy atom. The van der Waals surface area contributed by atoms with Crippen LogP contribution in [0, 0.1) is 5.92 Å². The van der Waals surface area contributed by atoms with Crippen LogP contribution in [0.15, 0.2) is 60.7 Å². The van der Waals surface area contributed by atoms with Gasteiger partial charge in [-0.15, -0.1) is 0 Å². The molecule has 2 N–H and O–H groups in total. The van der Waals surface area contributed by atoms with E-state index in [4.69, 9.17) is 5.73 Å². The molecule has 1 amide bonds. The molecule has 28 heavy (non-hydrogen) atoms. The van der Waals surface area contributed by atoms with Crippen LogP contribution in [-0.4, -0.2) is 47.4 Å². The van der Waals surface area contributed by atoms with Gasteiger partial charge in [-0.05, 0) is 36.3 Å². The van der Waals surface area contributed by atoms with E-state index in [2.05, 4.69) is 47.7 Å². The Balaban J connectivity index is 1.76. The standard InChI is InChI=1S/C24H29N3O/c1-18-26(2)15-16-27(18)22-14-13-21(17-22)24(23(25)28,19-9-5-3-6-10-19)20-11-7-4-8-12-20/h3-12,21-22H,13-17H2,1-2H3,(H-,25,28)/p+1/t21-,22-/m1/s1. The lowest BCUT2D eigenvalue weighted by Gasteiger charge is -2.37. The van der Waals surface area contributed by atoms with Gasteiger partial charge in [-0.2, -0.15) is 0 Å². The molecule has 1 saturated carbocycles. The minimum atomic E-state index is -0.781. The maximum atomic E-state index is 13.1. The molecule has 4 rings (SSSR count). The molecule has 0 bridgehead atoms. The fourth-order valence-electron chi connectivity index (χ4n) is 5.41. The molecule has 0 aromatic heterocycles. The summed E-state index contributed by atoms with van der Waals surface area (Å²) in [7, 11) is 2.16. The fourth-order valence-corrected chi connectivity index (χ4v) is 5.41. The highest BCUT2D eigenvalue weighted by molar-refractivity contribution is 5.91. The molecule has 1 aliphatic heterocycles. The van der Waals surface area contributed by atoms with Crippen LogP contribution in [0.1, 0.15) is 37.3 Å². The molecule has 1 aliphatic carbocycles. The maximum Gasteiger partial charge on any atom is 0.243 e. The molecule has 0 spiro atoms. The second-order valence-corrected chi connectivity index (χ2v) is 8.23. The second-order valence-electron chi connectivity index (χ2n) is 8.23. The summed E-state index contributed by atoms with van der Waals surface area (Å²) < 4.78 is 2.32. The van der Waals surface area contributed by atoms with E-state index in [0.29, 0.717) is 6.04 Å². The Hall–Kier alpha value is -2.62. The van der Waals surface area contributed by atoms with Crippen molar-refractivity contribution in [3.63, 3.8) is 0 Å². The quantitative estimate of drug-likeness (QED) is 0.816. The van der Waals surface area contributed by atoms with E-state index in [9.17, 15) is 4.79 Å². The van der Waals surface area contributed by atoms with Crippen LogP contribution in [-0.2, 0) is 10.2 Å². The summed E-state index contributed by atoms with van der Waals surface area (Å²) in [6, 6.07) is 20.8. The number of primary amides is 1. The van der Waals surface area contributed by atoms with E-state index < -0.39 is 5.41 Å². The van der Waals surface area contributed by atoms with Crippen molar-refractivity contribution in [3.05, 3.63) is 71.8 Å². The Labute approximate surface area is 167 Å². The summed E-state index contributed by atoms with van der Waals surface area (Å²) in [5, 5.41) is 0. The largest absolute Gasteiger partial charge is 0.369 e. The van der Waals surface area contributed by atoms with Gasteiger partial charge in [0.1, 0.15) is 18.5 Å². The first-order chi connectivity index (χ1) is 13.5. The summed E-state index contributed by atoms with van der Waals surface area (Å²) in [6.45, 7) is 4.35. The number of likely N-dealkylation sites (N-methyl/N-ethyl adjacent to an activating group) is 1. The van der Waals surface area contributed by atoms with Crippen LogP contribution in [0.3, 0.4) is 0 Å². The van der Waals surface area contributed by atoms with Crippen LogP contribution < -0.4 is 5.73 Å². The zero-order valence-electron chi connectivity index (χ0n) is 16.8. The first-order valence-electron chi connectivity index (χ1n) is 10.3. The van der Waals surface area contributed by atoms with Gasteiger partial charge in [0, 0.05) is 6.92 Å². The number of carbonyl (C=O) groups excluding carboxylic acids is 1. The molecule has 2 aliphatic rings. The normalized spacial score (nSPS) is 22.7. The van der Waals surface area contributed by atoms with Crippen LogP contribution in [0.5, 0.6) is 0 Å². The highest BCUT2D eigenvalue weighted by Crippen LogP contribution is 2.48. The van der Waals surface area contributed by atoms with Crippen molar-refractivity contribution in [2.75, 3.05) is 20.1 Å². The maximum absolute atomic E-state index is 13.1. The number of amidine groups is 1. The van der Waals surface area contributed by atoms with Gasteiger partial charge >= 0.3 is 0 Å². The van der Waals surface area contributed by atoms with Crippen molar-refractivity contribution in [2.45, 2.75) is 37.6 Å². The van der Waals surface area contributed by atoms with Crippen LogP contribution in [0.2, 0.25) is 0 Å². The molecular formula is C24H30N3O+. The minimum absolute atomic E-state index is 0.193. The summed E-state index contributed by atoms with van der Waals surface area (Å²) in [5.74, 6) is 1.29. The summed E-state index contributed by atoms with van der Waals surface area (Å²) in [6.07, 6.45) is 3.09. The summed E-state index contributed by atoms with van der Waals surface area (Å²) >= 11 is 0. The average Bonchev–Trinajstić information content (AvgIpc) is 3.32. The topological polar surface area (TPSA) is 49.3 Å². The smallest absolute Gasteiger partial charge is 0.243 e. The SMILES string of the molecule is CC1=[N+](C)CCN1[C@@H]1CC[C@@H](C(C(N)=O)(c2ccccc2)c2ccccc2)C1. The lowest BCUT2D eigenvalue weighted by molar-refractivity contribution is -0.487. The zero-order chi connectivity index (χ0) is 19.7. The van der Waals surface area contributed by atoms with Gasteiger partial charge in [0.2, 0.25) is 11.7 Å². The third-order valence-electron chi connectivity index (χ3n) is 6.95. The Kier molecular flexibility index (Phi) is 4.96. The third kappa shape index (κ3) is 2.92. The van der Waals surface area contributed by atoms with Crippen molar-refractivity contribution in [1.82, 2.24) is 4.90 Å². The first-order valence-corrected chi connectivity index (χ1v) is 10.3. The zero-order valence-corrected chi connectivity index (χ0v) is 16.8. The van der Waals surface area contributed by atoms with E-state index in [1.807, 2.05) is 36.4 Å². The first kappa shape index (κ1) is 18.7. The van der Waals surface area contributed by atoms with Crippen LogP contribution in [0.25, 0.3) is 0 Å². The van der Waals surface area contributed by atoms with Gasteiger partial charge in [-0.1, -0.05) is 60.7 Å². The number of hydrogen-bond donors (Lipinski definition) is 1. The van der Waals surface area contributed by atoms with Gasteiger partial charge < -0.3 is 5.73 Å². The predicted octanol–water partition coefficient (Wildman–Crippen LogP) is 3.00. The van der Waals surface area contributed by atoms with Gasteiger partial charge in [0.25, 0.3) is 0 Å². The summed E-state index contributed by atoms with van der Waals surface area (Å²) in [5.41, 5.74) is 7.44. The van der Waals surface area contributed by atoms with E-state index in [1.54, 1.807) is 0 Å². The Morgan fingerprint density at radius 3 is 2.07 bits per heavy atom. The molecule has 0 unspecified atom stereocenters. The van der Waals surface area contributed by atoms with Gasteiger partial charge in [0.15, 0.2) is 0 Å². The highest BCUT2D eigenvalue weighted by atomic mass is 16.1. The van der Waals surface area contributed by atoms with Crippen molar-refractivity contribution in [2.24, 2.45) is 11.7 Å². The molecule has 146 valence electrons. The van der Waals surface area contributed by atoms with Crippen LogP contribution >= 0.6 is 0 Å². The van der Waals surface area contributed by atoms with Gasteiger partial charge in [0.05, 0.1) is 13.1 Å². The lowest BCUT2D eigenvalue weighted by atomic mass is 9.64. The Morgan fingerprint density at radius 1 is 1.04 bits per heavy atom. The number of hydrogen-bond acceptors (Lipinski definition) is 2. The number of nitrogens with zero attached hydrogens (tertiary/aromatic N) is 2. The molecular weight excluding hydrogens is 346 g/mol. The number of benzene rings is 2. The average molecular weight is 377 g/mol. The second kappa shape index (κ2) is 7.42. The fraction of sp³-hybridized carbons (Fsp3) is 0.417. The van der Waals surface area contributed by atoms with E-state index in [0.717, 1.165) is 43.5 Å².